The summed E-state index contributed by atoms with van der Waals surface area (Å²) in [5, 5.41) is 3.19. The molecule has 0 fully saturated rings. The van der Waals surface area contributed by atoms with Crippen molar-refractivity contribution >= 4 is 49.8 Å². The highest BCUT2D eigenvalue weighted by Crippen LogP contribution is 2.46. The van der Waals surface area contributed by atoms with Crippen molar-refractivity contribution in [3.8, 4) is 22.3 Å². The number of anilines is 3. The molecular weight excluding hydrogens is 510 g/mol. The Morgan fingerprint density at radius 1 is 0.500 bits per heavy atom. The fraction of sp³-hybridized carbons (Fsp3) is 0. The second-order valence-electron chi connectivity index (χ2n) is 10.2. The first-order valence-electron chi connectivity index (χ1n) is 16.4. The van der Waals surface area contributed by atoms with Crippen LogP contribution in [0.1, 0.15) is 6.85 Å². The molecule has 0 saturated heterocycles. The quantitative estimate of drug-likeness (QED) is 0.215. The van der Waals surface area contributed by atoms with Crippen molar-refractivity contribution in [2.75, 3.05) is 4.90 Å². The summed E-state index contributed by atoms with van der Waals surface area (Å²) in [6.07, 6.45) is 0. The summed E-state index contributed by atoms with van der Waals surface area (Å²) in [6, 6.07) is 42.9. The molecule has 8 rings (SSSR count). The molecule has 2 nitrogen and oxygen atoms in total. The highest BCUT2D eigenvalue weighted by molar-refractivity contribution is 6.22. The first-order chi connectivity index (χ1) is 22.9. The first-order valence-corrected chi connectivity index (χ1v) is 13.9. The zero-order valence-electron chi connectivity index (χ0n) is 27.6. The van der Waals surface area contributed by atoms with Gasteiger partial charge in [0.15, 0.2) is 0 Å². The minimum atomic E-state index is -0.415. The van der Waals surface area contributed by atoms with E-state index in [1.807, 2.05) is 78.9 Å². The average molecular weight is 543 g/mol. The third-order valence-corrected chi connectivity index (χ3v) is 7.74. The standard InChI is InChI=1S/C40H27NO/c1-4-13-28(14-5-1)29-23-25-32(26-24-29)41(31-17-8-3-9-18-31)37-21-12-22-38-39(37)36-27-35(30-15-6-2-7-16-30)33-19-10-11-20-34(33)40(36)42-38/h1-27H/i2D,6D,7D,15D,16D. The van der Waals surface area contributed by atoms with Crippen molar-refractivity contribution in [1.29, 1.82) is 0 Å². The van der Waals surface area contributed by atoms with Gasteiger partial charge >= 0.3 is 0 Å². The number of fused-ring (bicyclic) bond motifs is 5. The number of furan rings is 1. The lowest BCUT2D eigenvalue weighted by atomic mass is 9.95. The van der Waals surface area contributed by atoms with Crippen molar-refractivity contribution < 1.29 is 11.3 Å². The molecule has 0 saturated carbocycles. The predicted octanol–water partition coefficient (Wildman–Crippen LogP) is 11.5. The fourth-order valence-electron chi connectivity index (χ4n) is 5.85. The number of hydrogen-bond donors (Lipinski definition) is 0. The Labute approximate surface area is 251 Å². The maximum absolute atomic E-state index is 8.79. The van der Waals surface area contributed by atoms with E-state index in [4.69, 9.17) is 11.3 Å². The van der Waals surface area contributed by atoms with E-state index >= 15 is 0 Å². The lowest BCUT2D eigenvalue weighted by Gasteiger charge is -2.26. The summed E-state index contributed by atoms with van der Waals surface area (Å²) in [4.78, 5) is 2.20. The minimum Gasteiger partial charge on any atom is -0.455 e. The molecule has 0 aliphatic rings. The molecule has 0 atom stereocenters. The van der Waals surface area contributed by atoms with Gasteiger partial charge in [-0.3, -0.25) is 0 Å². The summed E-state index contributed by atoms with van der Waals surface area (Å²) in [5.74, 6) is 0. The molecule has 0 radical (unpaired) electrons. The molecule has 198 valence electrons. The van der Waals surface area contributed by atoms with E-state index in [9.17, 15) is 0 Å². The van der Waals surface area contributed by atoms with Crippen LogP contribution in [0, 0.1) is 0 Å². The van der Waals surface area contributed by atoms with Gasteiger partial charge in [0.05, 0.1) is 17.9 Å². The Balaban J connectivity index is 1.43. The highest BCUT2D eigenvalue weighted by atomic mass is 16.3. The van der Waals surface area contributed by atoms with Gasteiger partial charge in [-0.2, -0.15) is 0 Å². The maximum Gasteiger partial charge on any atom is 0.143 e. The molecule has 7 aromatic carbocycles. The number of rotatable bonds is 5. The third-order valence-electron chi connectivity index (χ3n) is 7.74. The number of nitrogens with zero attached hydrogens (tertiary/aromatic N) is 1. The number of hydrogen-bond acceptors (Lipinski definition) is 2. The van der Waals surface area contributed by atoms with Crippen LogP contribution in [0.2, 0.25) is 0 Å². The summed E-state index contributed by atoms with van der Waals surface area (Å²) in [7, 11) is 0. The van der Waals surface area contributed by atoms with Crippen LogP contribution in [0.5, 0.6) is 0 Å². The van der Waals surface area contributed by atoms with Gasteiger partial charge in [-0.15, -0.1) is 0 Å². The molecule has 0 amide bonds. The smallest absolute Gasteiger partial charge is 0.143 e. The Kier molecular flexibility index (Phi) is 4.68. The van der Waals surface area contributed by atoms with Crippen molar-refractivity contribution in [2.45, 2.75) is 0 Å². The second kappa shape index (κ2) is 10.1. The molecule has 0 bridgehead atoms. The average Bonchev–Trinajstić information content (AvgIpc) is 3.51. The zero-order chi connectivity index (χ0) is 32.2. The predicted molar refractivity (Wildman–Crippen MR) is 177 cm³/mol. The van der Waals surface area contributed by atoms with Gasteiger partial charge < -0.3 is 9.32 Å². The Bertz CT molecular complexity index is 2430. The number of para-hydroxylation sites is 1. The monoisotopic (exact) mass is 542 g/mol. The molecule has 1 aromatic heterocycles. The van der Waals surface area contributed by atoms with Gasteiger partial charge in [0.1, 0.15) is 11.2 Å². The summed E-state index contributed by atoms with van der Waals surface area (Å²) in [5.41, 5.74) is 7.15. The molecular formula is C40H27NO. The normalized spacial score (nSPS) is 13.0. The molecule has 0 aliphatic carbocycles. The highest BCUT2D eigenvalue weighted by Gasteiger charge is 2.21. The molecule has 0 unspecified atom stereocenters. The van der Waals surface area contributed by atoms with Crippen LogP contribution in [0.15, 0.2) is 168 Å². The molecule has 1 heterocycles. The lowest BCUT2D eigenvalue weighted by Crippen LogP contribution is -2.10. The van der Waals surface area contributed by atoms with Crippen LogP contribution in [0.3, 0.4) is 0 Å². The van der Waals surface area contributed by atoms with Gasteiger partial charge in [0.2, 0.25) is 0 Å². The molecule has 2 heteroatoms. The van der Waals surface area contributed by atoms with Crippen LogP contribution in [-0.2, 0) is 0 Å². The minimum absolute atomic E-state index is 0.164. The summed E-state index contributed by atoms with van der Waals surface area (Å²) < 4.78 is 49.1. The summed E-state index contributed by atoms with van der Waals surface area (Å²) >= 11 is 0. The summed E-state index contributed by atoms with van der Waals surface area (Å²) in [6.45, 7) is 0. The second-order valence-corrected chi connectivity index (χ2v) is 10.2. The van der Waals surface area contributed by atoms with Gasteiger partial charge in [0, 0.05) is 22.1 Å². The van der Waals surface area contributed by atoms with Gasteiger partial charge in [-0.1, -0.05) is 121 Å². The van der Waals surface area contributed by atoms with Crippen molar-refractivity contribution in [2.24, 2.45) is 0 Å². The van der Waals surface area contributed by atoms with Crippen molar-refractivity contribution in [3.05, 3.63) is 164 Å². The van der Waals surface area contributed by atoms with Gasteiger partial charge in [-0.05, 0) is 70.1 Å². The number of benzene rings is 7. The maximum atomic E-state index is 8.79. The van der Waals surface area contributed by atoms with Crippen LogP contribution in [-0.4, -0.2) is 0 Å². The topological polar surface area (TPSA) is 16.4 Å². The molecule has 0 N–H and O–H groups in total. The first kappa shape index (κ1) is 19.5. The zero-order valence-corrected chi connectivity index (χ0v) is 22.6. The Hall–Kier alpha value is -5.60. The fourth-order valence-corrected chi connectivity index (χ4v) is 5.85. The van der Waals surface area contributed by atoms with E-state index in [0.717, 1.165) is 49.7 Å². The lowest BCUT2D eigenvalue weighted by molar-refractivity contribution is 0.672. The van der Waals surface area contributed by atoms with Crippen LogP contribution in [0.25, 0.3) is 55.0 Å². The Morgan fingerprint density at radius 3 is 1.90 bits per heavy atom. The van der Waals surface area contributed by atoms with Gasteiger partial charge in [-0.25, -0.2) is 0 Å². The van der Waals surface area contributed by atoms with Crippen molar-refractivity contribution in [3.63, 3.8) is 0 Å². The van der Waals surface area contributed by atoms with Crippen molar-refractivity contribution in [1.82, 2.24) is 0 Å². The van der Waals surface area contributed by atoms with Crippen LogP contribution < -0.4 is 4.90 Å². The molecule has 0 aliphatic heterocycles. The van der Waals surface area contributed by atoms with E-state index in [-0.39, 0.29) is 29.7 Å². The molecule has 8 aromatic rings. The van der Waals surface area contributed by atoms with E-state index in [0.29, 0.717) is 16.7 Å². The third kappa shape index (κ3) is 4.05. The Morgan fingerprint density at radius 2 is 1.14 bits per heavy atom. The SMILES string of the molecule is [2H]c1c([2H])c([2H])c(-c2cc3c(oc4cccc(N(c5ccccc5)c5ccc(-c6ccccc6)cc5)c43)c3ccccc23)c([2H])c1[2H]. The van der Waals surface area contributed by atoms with E-state index in [2.05, 4.69) is 59.5 Å². The van der Waals surface area contributed by atoms with E-state index in [1.54, 1.807) is 0 Å². The van der Waals surface area contributed by atoms with Crippen LogP contribution >= 0.6 is 0 Å². The molecule has 0 spiro atoms. The van der Waals surface area contributed by atoms with Gasteiger partial charge in [0.25, 0.3) is 0 Å². The van der Waals surface area contributed by atoms with Crippen LogP contribution in [0.4, 0.5) is 17.1 Å². The molecule has 42 heavy (non-hydrogen) atoms. The largest absolute Gasteiger partial charge is 0.455 e. The van der Waals surface area contributed by atoms with E-state index < -0.39 is 6.04 Å². The van der Waals surface area contributed by atoms with E-state index in [1.165, 1.54) is 0 Å².